The number of alkyl halides is 3. The van der Waals surface area contributed by atoms with E-state index in [1.165, 1.54) is 11.0 Å². The Morgan fingerprint density at radius 3 is 2.36 bits per heavy atom. The van der Waals surface area contributed by atoms with Gasteiger partial charge in [-0.05, 0) is 48.0 Å². The zero-order chi connectivity index (χ0) is 20.5. The lowest BCUT2D eigenvalue weighted by molar-refractivity contribution is -0.274. The molecule has 1 aliphatic heterocycles. The summed E-state index contributed by atoms with van der Waals surface area (Å²) in [7, 11) is 1.64. The summed E-state index contributed by atoms with van der Waals surface area (Å²) >= 11 is 0. The van der Waals surface area contributed by atoms with Gasteiger partial charge in [-0.1, -0.05) is 0 Å². The third-order valence-electron chi connectivity index (χ3n) is 4.14. The summed E-state index contributed by atoms with van der Waals surface area (Å²) in [5.74, 6) is -1.88. The van der Waals surface area contributed by atoms with Crippen LogP contribution in [0.4, 0.5) is 18.9 Å². The lowest BCUT2D eigenvalue weighted by Gasteiger charge is -2.10. The number of Topliss-reactive ketones (excluding diaryl/α,β-unsaturated/α-hetero) is 1. The molecule has 0 radical (unpaired) electrons. The maximum absolute atomic E-state index is 12.2. The predicted molar refractivity (Wildman–Crippen MR) is 91.3 cm³/mol. The van der Waals surface area contributed by atoms with Crippen LogP contribution in [0, 0.1) is 0 Å². The van der Waals surface area contributed by atoms with Crippen molar-refractivity contribution in [2.75, 3.05) is 18.6 Å². The number of rotatable bonds is 5. The SMILES string of the molecule is CN1C(=O)Cc2cc(C(=O)COC(=O)c3ccc(OC(F)(F)F)cc3)ccc21. The van der Waals surface area contributed by atoms with Gasteiger partial charge in [-0.2, -0.15) is 0 Å². The molecule has 1 amide bonds. The molecule has 0 aromatic heterocycles. The number of amides is 1. The monoisotopic (exact) mass is 393 g/mol. The van der Waals surface area contributed by atoms with Gasteiger partial charge in [0, 0.05) is 18.3 Å². The van der Waals surface area contributed by atoms with E-state index in [1.54, 1.807) is 19.2 Å². The molecule has 0 spiro atoms. The van der Waals surface area contributed by atoms with Crippen LogP contribution in [0.15, 0.2) is 42.5 Å². The molecule has 0 atom stereocenters. The highest BCUT2D eigenvalue weighted by Gasteiger charge is 2.31. The molecule has 6 nitrogen and oxygen atoms in total. The van der Waals surface area contributed by atoms with Crippen LogP contribution in [-0.4, -0.2) is 37.7 Å². The van der Waals surface area contributed by atoms with E-state index in [0.29, 0.717) is 11.1 Å². The largest absolute Gasteiger partial charge is 0.573 e. The Balaban J connectivity index is 1.60. The average Bonchev–Trinajstić information content (AvgIpc) is 2.92. The molecule has 1 heterocycles. The second-order valence-electron chi connectivity index (χ2n) is 6.04. The van der Waals surface area contributed by atoms with Crippen molar-refractivity contribution in [1.82, 2.24) is 0 Å². The van der Waals surface area contributed by atoms with Crippen molar-refractivity contribution >= 4 is 23.3 Å². The molecule has 1 aliphatic rings. The number of carbonyl (C=O) groups is 3. The van der Waals surface area contributed by atoms with E-state index < -0.39 is 30.5 Å². The number of ether oxygens (including phenoxy) is 2. The van der Waals surface area contributed by atoms with Gasteiger partial charge in [-0.15, -0.1) is 13.2 Å². The van der Waals surface area contributed by atoms with Gasteiger partial charge in [0.05, 0.1) is 12.0 Å². The average molecular weight is 393 g/mol. The Morgan fingerprint density at radius 1 is 1.07 bits per heavy atom. The van der Waals surface area contributed by atoms with Crippen molar-refractivity contribution in [3.8, 4) is 5.75 Å². The summed E-state index contributed by atoms with van der Waals surface area (Å²) in [4.78, 5) is 37.4. The molecule has 0 bridgehead atoms. The molecular formula is C19H14F3NO5. The van der Waals surface area contributed by atoms with Crippen LogP contribution in [0.5, 0.6) is 5.75 Å². The lowest BCUT2D eigenvalue weighted by Crippen LogP contribution is -2.20. The summed E-state index contributed by atoms with van der Waals surface area (Å²) < 4.78 is 45.0. The van der Waals surface area contributed by atoms with Crippen LogP contribution in [0.1, 0.15) is 26.3 Å². The van der Waals surface area contributed by atoms with Gasteiger partial charge in [0.15, 0.2) is 12.4 Å². The second kappa shape index (κ2) is 7.34. The van der Waals surface area contributed by atoms with Gasteiger partial charge in [0.25, 0.3) is 0 Å². The normalized spacial score (nSPS) is 13.3. The second-order valence-corrected chi connectivity index (χ2v) is 6.04. The molecule has 0 N–H and O–H groups in total. The number of nitrogens with zero attached hydrogens (tertiary/aromatic N) is 1. The maximum Gasteiger partial charge on any atom is 0.573 e. The Bertz CT molecular complexity index is 938. The van der Waals surface area contributed by atoms with Gasteiger partial charge < -0.3 is 14.4 Å². The van der Waals surface area contributed by atoms with Crippen molar-refractivity contribution < 1.29 is 37.0 Å². The molecule has 0 fully saturated rings. The molecule has 0 saturated heterocycles. The fraction of sp³-hybridized carbons (Fsp3) is 0.211. The van der Waals surface area contributed by atoms with Gasteiger partial charge >= 0.3 is 12.3 Å². The highest BCUT2D eigenvalue weighted by Crippen LogP contribution is 2.28. The molecule has 2 aromatic carbocycles. The number of hydrogen-bond acceptors (Lipinski definition) is 5. The molecule has 9 heteroatoms. The first-order valence-electron chi connectivity index (χ1n) is 8.09. The fourth-order valence-electron chi connectivity index (χ4n) is 2.73. The first-order chi connectivity index (χ1) is 13.1. The van der Waals surface area contributed by atoms with E-state index in [2.05, 4.69) is 4.74 Å². The number of fused-ring (bicyclic) bond motifs is 1. The summed E-state index contributed by atoms with van der Waals surface area (Å²) in [5.41, 5.74) is 1.71. The van der Waals surface area contributed by atoms with Crippen LogP contribution >= 0.6 is 0 Å². The number of benzene rings is 2. The van der Waals surface area contributed by atoms with Crippen molar-refractivity contribution in [1.29, 1.82) is 0 Å². The summed E-state index contributed by atoms with van der Waals surface area (Å²) in [6.07, 6.45) is -4.64. The number of halogens is 3. The van der Waals surface area contributed by atoms with E-state index in [9.17, 15) is 27.6 Å². The molecule has 146 valence electrons. The number of ketones is 1. The molecule has 2 aromatic rings. The minimum atomic E-state index is -4.83. The van der Waals surface area contributed by atoms with Crippen LogP contribution in [0.25, 0.3) is 0 Å². The topological polar surface area (TPSA) is 72.9 Å². The molecule has 28 heavy (non-hydrogen) atoms. The van der Waals surface area contributed by atoms with Gasteiger partial charge in [-0.3, -0.25) is 9.59 Å². The van der Waals surface area contributed by atoms with Gasteiger partial charge in [0.1, 0.15) is 5.75 Å². The van der Waals surface area contributed by atoms with Gasteiger partial charge in [-0.25, -0.2) is 4.79 Å². The fourth-order valence-corrected chi connectivity index (χ4v) is 2.73. The first kappa shape index (κ1) is 19.4. The molecule has 0 aliphatic carbocycles. The highest BCUT2D eigenvalue weighted by molar-refractivity contribution is 6.04. The third kappa shape index (κ3) is 4.30. The van der Waals surface area contributed by atoms with Crippen molar-refractivity contribution in [2.24, 2.45) is 0 Å². The van der Waals surface area contributed by atoms with Crippen LogP contribution in [0.3, 0.4) is 0 Å². The number of esters is 1. The Morgan fingerprint density at radius 2 is 1.71 bits per heavy atom. The number of hydrogen-bond donors (Lipinski definition) is 0. The quantitative estimate of drug-likeness (QED) is 0.577. The van der Waals surface area contributed by atoms with Gasteiger partial charge in [0.2, 0.25) is 5.91 Å². The third-order valence-corrected chi connectivity index (χ3v) is 4.14. The predicted octanol–water partition coefficient (Wildman–Crippen LogP) is 3.14. The number of carbonyl (C=O) groups excluding carboxylic acids is 3. The van der Waals surface area contributed by atoms with E-state index in [-0.39, 0.29) is 17.9 Å². The van der Waals surface area contributed by atoms with Crippen LogP contribution < -0.4 is 9.64 Å². The van der Waals surface area contributed by atoms with E-state index in [4.69, 9.17) is 4.74 Å². The zero-order valence-electron chi connectivity index (χ0n) is 14.6. The minimum Gasteiger partial charge on any atom is -0.454 e. The van der Waals surface area contributed by atoms with E-state index in [0.717, 1.165) is 30.0 Å². The number of likely N-dealkylation sites (N-methyl/N-ethyl adjacent to an activating group) is 1. The maximum atomic E-state index is 12.2. The summed E-state index contributed by atoms with van der Waals surface area (Å²) in [5, 5.41) is 0. The Kier molecular flexibility index (Phi) is 5.08. The van der Waals surface area contributed by atoms with Crippen LogP contribution in [-0.2, 0) is 16.0 Å². The molecule has 0 unspecified atom stereocenters. The summed E-state index contributed by atoms with van der Waals surface area (Å²) in [6.45, 7) is -0.539. The van der Waals surface area contributed by atoms with E-state index in [1.807, 2.05) is 0 Å². The lowest BCUT2D eigenvalue weighted by atomic mass is 10.1. The number of anilines is 1. The smallest absolute Gasteiger partial charge is 0.454 e. The zero-order valence-corrected chi connectivity index (χ0v) is 14.6. The van der Waals surface area contributed by atoms with Crippen molar-refractivity contribution in [2.45, 2.75) is 12.8 Å². The van der Waals surface area contributed by atoms with Crippen molar-refractivity contribution in [3.63, 3.8) is 0 Å². The molecule has 0 saturated carbocycles. The highest BCUT2D eigenvalue weighted by atomic mass is 19.4. The molecular weight excluding hydrogens is 379 g/mol. The van der Waals surface area contributed by atoms with Crippen LogP contribution in [0.2, 0.25) is 0 Å². The first-order valence-corrected chi connectivity index (χ1v) is 8.09. The van der Waals surface area contributed by atoms with Crippen molar-refractivity contribution in [3.05, 3.63) is 59.2 Å². The van der Waals surface area contributed by atoms with E-state index >= 15 is 0 Å². The Hall–Kier alpha value is -3.36. The standard InChI is InChI=1S/C19H14F3NO5/c1-23-15-7-4-12(8-13(15)9-17(23)25)16(24)10-27-18(26)11-2-5-14(6-3-11)28-19(20,21)22/h2-8H,9-10H2,1H3. The summed E-state index contributed by atoms with van der Waals surface area (Å²) in [6, 6.07) is 8.91. The minimum absolute atomic E-state index is 0.0245. The molecule has 3 rings (SSSR count). The Labute approximate surface area is 157 Å².